The maximum atomic E-state index is 14.0. The Bertz CT molecular complexity index is 2290. The van der Waals surface area contributed by atoms with Crippen molar-refractivity contribution in [1.82, 2.24) is 51.8 Å². The molecule has 15 N–H and O–H groups in total. The predicted molar refractivity (Wildman–Crippen MR) is 259 cm³/mol. The lowest BCUT2D eigenvalue weighted by molar-refractivity contribution is -0.134. The maximum Gasteiger partial charge on any atom is 0.243 e. The first-order valence-electron chi connectivity index (χ1n) is 23.5. The van der Waals surface area contributed by atoms with Crippen LogP contribution < -0.4 is 54.4 Å². The fourth-order valence-corrected chi connectivity index (χ4v) is 7.56. The third-order valence-electron chi connectivity index (χ3n) is 11.5. The Morgan fingerprint density at radius 3 is 1.96 bits per heavy atom. The summed E-state index contributed by atoms with van der Waals surface area (Å²) < 4.78 is 1.65. The molecule has 3 aromatic rings. The van der Waals surface area contributed by atoms with Gasteiger partial charge < -0.3 is 69.1 Å². The number of nitrogens with one attached hydrogen (secondary N) is 8. The van der Waals surface area contributed by atoms with Crippen LogP contribution in [0.3, 0.4) is 0 Å². The molecule has 23 heteroatoms. The molecule has 3 rings (SSSR count). The monoisotopic (exact) mass is 980 g/mol. The molecule has 0 saturated carbocycles. The Balaban J connectivity index is 1.70. The number of carbonyl (C=O) groups excluding carboxylic acids is 9. The highest BCUT2D eigenvalue weighted by Crippen LogP contribution is 2.20. The molecule has 0 radical (unpaired) electrons. The average Bonchev–Trinajstić information content (AvgIpc) is 3.89. The van der Waals surface area contributed by atoms with E-state index in [2.05, 4.69) is 47.2 Å². The number of aryl methyl sites for hydroxylation is 1. The molecule has 0 aliphatic heterocycles. The van der Waals surface area contributed by atoms with Crippen LogP contribution in [0.15, 0.2) is 43.0 Å². The number of hydrogen-bond acceptors (Lipinski definition) is 12. The van der Waals surface area contributed by atoms with Crippen molar-refractivity contribution in [1.29, 1.82) is 0 Å². The van der Waals surface area contributed by atoms with Crippen molar-refractivity contribution in [2.24, 2.45) is 42.0 Å². The van der Waals surface area contributed by atoms with Crippen molar-refractivity contribution < 1.29 is 48.3 Å². The Hall–Kier alpha value is -6.88. The lowest BCUT2D eigenvalue weighted by Crippen LogP contribution is -2.59. The highest BCUT2D eigenvalue weighted by Gasteiger charge is 2.33. The molecule has 0 spiro atoms. The van der Waals surface area contributed by atoms with Gasteiger partial charge in [0.15, 0.2) is 0 Å². The summed E-state index contributed by atoms with van der Waals surface area (Å²) in [7, 11) is 1.70. The van der Waals surface area contributed by atoms with Crippen LogP contribution in [0.5, 0.6) is 0 Å². The normalized spacial score (nSPS) is 14.9. The predicted octanol–water partition coefficient (Wildman–Crippen LogP) is -1.69. The number of aromatic amines is 1. The van der Waals surface area contributed by atoms with E-state index < -0.39 is 120 Å². The second-order valence-corrected chi connectivity index (χ2v) is 18.9. The molecule has 2 heterocycles. The van der Waals surface area contributed by atoms with Gasteiger partial charge >= 0.3 is 0 Å². The zero-order valence-corrected chi connectivity index (χ0v) is 41.3. The smallest absolute Gasteiger partial charge is 0.243 e. The summed E-state index contributed by atoms with van der Waals surface area (Å²) in [6, 6.07) is -0.620. The van der Waals surface area contributed by atoms with E-state index in [1.165, 1.54) is 19.4 Å². The fourth-order valence-electron chi connectivity index (χ4n) is 7.56. The first kappa shape index (κ1) is 57.4. The molecule has 0 fully saturated rings. The molecule has 0 saturated heterocycles. The van der Waals surface area contributed by atoms with Gasteiger partial charge in [0, 0.05) is 55.3 Å². The standard InChI is InChI=1S/C47H73N13O10/c1-24(2)15-33(37(61)19-39(63)55-34(42(50)65)16-25(3)4)57-46(69)36(18-29-21-51-23-60(29)8)56-40(64)22-53-47(70)41(26(5)6)59-43(66)27(7)54-45(68)35(58-44(67)31(48)13-14-38(49)62)17-28-20-52-32-12-10-9-11-30(28)32/h9-12,20-21,23-27,31,33-37,41,52,61H,13-19,22,48H2,1-8H3,(H2,49,62)(H2,50,65)(H,53,70)(H,54,68)(H,55,63)(H,56,64)(H,57,69)(H,58,67)(H,59,66)/t27-,31-,33+,34-,35-,36-,37+,41-/m0/s1. The second kappa shape index (κ2) is 27.3. The van der Waals surface area contributed by atoms with Gasteiger partial charge in [-0.05, 0) is 55.6 Å². The maximum absolute atomic E-state index is 14.0. The van der Waals surface area contributed by atoms with Crippen molar-refractivity contribution >= 4 is 64.1 Å². The summed E-state index contributed by atoms with van der Waals surface area (Å²) in [5, 5.41) is 30.3. The Kier molecular flexibility index (Phi) is 22.4. The quantitative estimate of drug-likeness (QED) is 0.0371. The number of fused-ring (bicyclic) bond motifs is 1. The number of aromatic nitrogens is 3. The molecule has 0 unspecified atom stereocenters. The molecular weight excluding hydrogens is 907 g/mol. The number of aliphatic hydroxyl groups excluding tert-OH is 1. The number of hydrogen-bond donors (Lipinski definition) is 12. The van der Waals surface area contributed by atoms with Gasteiger partial charge in [-0.15, -0.1) is 0 Å². The van der Waals surface area contributed by atoms with Crippen molar-refractivity contribution in [2.45, 2.75) is 142 Å². The Morgan fingerprint density at radius 1 is 0.729 bits per heavy atom. The van der Waals surface area contributed by atoms with Gasteiger partial charge in [0.1, 0.15) is 30.2 Å². The van der Waals surface area contributed by atoms with Gasteiger partial charge in [-0.3, -0.25) is 43.2 Å². The summed E-state index contributed by atoms with van der Waals surface area (Å²) >= 11 is 0. The first-order chi connectivity index (χ1) is 32.9. The van der Waals surface area contributed by atoms with E-state index in [0.29, 0.717) is 17.7 Å². The van der Waals surface area contributed by atoms with Crippen LogP contribution in [-0.4, -0.2) is 128 Å². The molecule has 0 bridgehead atoms. The molecular formula is C47H73N13O10. The SMILES string of the molecule is CC(C)C[C@H](NC(=O)C[C@@H](O)[C@@H](CC(C)C)NC(=O)[C@H](Cc1cncn1C)NC(=O)CNC(=O)[C@@H](NC(=O)[C@H](C)NC(=O)[C@H](Cc1c[nH]c2ccccc12)NC(=O)[C@@H](N)CCC(N)=O)C(C)C)C(N)=O. The molecule has 386 valence electrons. The number of nitrogens with two attached hydrogens (primary N) is 3. The molecule has 1 aromatic carbocycles. The number of nitrogens with zero attached hydrogens (tertiary/aromatic N) is 2. The number of imidazole rings is 1. The van der Waals surface area contributed by atoms with E-state index in [4.69, 9.17) is 17.2 Å². The molecule has 0 aliphatic rings. The number of rotatable bonds is 29. The minimum atomic E-state index is -1.39. The van der Waals surface area contributed by atoms with Crippen molar-refractivity contribution in [2.75, 3.05) is 6.54 Å². The van der Waals surface area contributed by atoms with E-state index in [-0.39, 0.29) is 43.9 Å². The van der Waals surface area contributed by atoms with Gasteiger partial charge in [0.05, 0.1) is 37.5 Å². The largest absolute Gasteiger partial charge is 0.390 e. The first-order valence-corrected chi connectivity index (χ1v) is 23.5. The summed E-state index contributed by atoms with van der Waals surface area (Å²) in [5.74, 6) is -6.95. The van der Waals surface area contributed by atoms with Crippen molar-refractivity contribution in [3.8, 4) is 0 Å². The molecule has 2 aromatic heterocycles. The van der Waals surface area contributed by atoms with Crippen molar-refractivity contribution in [3.63, 3.8) is 0 Å². The minimum absolute atomic E-state index is 0.0000600. The van der Waals surface area contributed by atoms with Crippen LogP contribution in [0.1, 0.15) is 91.8 Å². The van der Waals surface area contributed by atoms with Gasteiger partial charge in [-0.2, -0.15) is 0 Å². The van der Waals surface area contributed by atoms with Crippen LogP contribution in [-0.2, 0) is 63.0 Å². The fraction of sp³-hybridized carbons (Fsp3) is 0.574. The summed E-state index contributed by atoms with van der Waals surface area (Å²) in [6.07, 6.45) is 3.15. The molecule has 8 atom stereocenters. The van der Waals surface area contributed by atoms with Crippen LogP contribution >= 0.6 is 0 Å². The lowest BCUT2D eigenvalue weighted by Gasteiger charge is -2.28. The zero-order valence-electron chi connectivity index (χ0n) is 41.3. The van der Waals surface area contributed by atoms with Crippen molar-refractivity contribution in [3.05, 3.63) is 54.2 Å². The summed E-state index contributed by atoms with van der Waals surface area (Å²) in [4.78, 5) is 125. The third-order valence-corrected chi connectivity index (χ3v) is 11.5. The average molecular weight is 980 g/mol. The number of primary amides is 2. The summed E-state index contributed by atoms with van der Waals surface area (Å²) in [6.45, 7) is 11.5. The number of benzene rings is 1. The van der Waals surface area contributed by atoms with E-state index in [1.54, 1.807) is 31.7 Å². The zero-order chi connectivity index (χ0) is 52.4. The lowest BCUT2D eigenvalue weighted by atomic mass is 9.96. The molecule has 70 heavy (non-hydrogen) atoms. The van der Waals surface area contributed by atoms with Gasteiger partial charge in [0.2, 0.25) is 53.2 Å². The number of carbonyl (C=O) groups is 9. The van der Waals surface area contributed by atoms with Crippen LogP contribution in [0.4, 0.5) is 0 Å². The highest BCUT2D eigenvalue weighted by molar-refractivity contribution is 5.96. The number of H-pyrrole nitrogens is 1. The van der Waals surface area contributed by atoms with Gasteiger partial charge in [-0.1, -0.05) is 59.7 Å². The third kappa shape index (κ3) is 18.6. The Labute approximate surface area is 407 Å². The van der Waals surface area contributed by atoms with Gasteiger partial charge in [-0.25, -0.2) is 4.98 Å². The van der Waals surface area contributed by atoms with Crippen LogP contribution in [0.2, 0.25) is 0 Å². The summed E-state index contributed by atoms with van der Waals surface area (Å²) in [5.41, 5.74) is 18.7. The van der Waals surface area contributed by atoms with E-state index in [1.807, 2.05) is 52.0 Å². The Morgan fingerprint density at radius 2 is 1.36 bits per heavy atom. The van der Waals surface area contributed by atoms with Gasteiger partial charge in [0.25, 0.3) is 0 Å². The second-order valence-electron chi connectivity index (χ2n) is 18.9. The highest BCUT2D eigenvalue weighted by atomic mass is 16.3. The molecule has 0 aliphatic carbocycles. The molecule has 23 nitrogen and oxygen atoms in total. The minimum Gasteiger partial charge on any atom is -0.390 e. The number of aliphatic hydroxyl groups is 1. The molecule has 9 amide bonds. The van der Waals surface area contributed by atoms with Crippen LogP contribution in [0.25, 0.3) is 10.9 Å². The van der Waals surface area contributed by atoms with E-state index >= 15 is 0 Å². The number of amides is 9. The number of para-hydroxylation sites is 1. The van der Waals surface area contributed by atoms with Crippen LogP contribution in [0, 0.1) is 17.8 Å². The van der Waals surface area contributed by atoms with E-state index in [9.17, 15) is 48.3 Å². The topological polar surface area (TPSA) is 370 Å². The van der Waals surface area contributed by atoms with E-state index in [0.717, 1.165) is 10.9 Å².